The lowest BCUT2D eigenvalue weighted by molar-refractivity contribution is -0.139. The van der Waals surface area contributed by atoms with Gasteiger partial charge < -0.3 is 19.5 Å². The number of carboxylic acids is 1. The molecule has 2 heterocycles. The maximum Gasteiger partial charge on any atom is 0.341 e. The van der Waals surface area contributed by atoms with E-state index >= 15 is 0 Å². The van der Waals surface area contributed by atoms with Gasteiger partial charge in [-0.25, -0.2) is 4.79 Å². The number of pyridine rings is 1. The SMILES string of the molecule is COc1cc(C(=O)CN2CCN(c3ccncc3)CC2)ccc1OCC(=O)O. The van der Waals surface area contributed by atoms with Crippen molar-refractivity contribution in [2.24, 2.45) is 0 Å². The Morgan fingerprint density at radius 3 is 2.43 bits per heavy atom. The third-order valence-corrected chi connectivity index (χ3v) is 4.60. The number of rotatable bonds is 8. The van der Waals surface area contributed by atoms with Crippen LogP contribution in [0.2, 0.25) is 0 Å². The van der Waals surface area contributed by atoms with Gasteiger partial charge in [-0.2, -0.15) is 0 Å². The number of Topliss-reactive ketones (excluding diaryl/α,β-unsaturated/α-hetero) is 1. The van der Waals surface area contributed by atoms with E-state index < -0.39 is 12.6 Å². The first-order valence-corrected chi connectivity index (χ1v) is 9.00. The minimum absolute atomic E-state index is 0.0135. The van der Waals surface area contributed by atoms with Crippen molar-refractivity contribution >= 4 is 17.4 Å². The number of carbonyl (C=O) groups is 2. The van der Waals surface area contributed by atoms with Gasteiger partial charge >= 0.3 is 5.97 Å². The molecule has 148 valence electrons. The fraction of sp³-hybridized carbons (Fsp3) is 0.350. The largest absolute Gasteiger partial charge is 0.493 e. The molecule has 28 heavy (non-hydrogen) atoms. The number of nitrogens with zero attached hydrogens (tertiary/aromatic N) is 3. The molecular formula is C20H23N3O5. The quantitative estimate of drug-likeness (QED) is 0.685. The van der Waals surface area contributed by atoms with E-state index in [0.29, 0.717) is 23.6 Å². The average molecular weight is 385 g/mol. The van der Waals surface area contributed by atoms with Crippen molar-refractivity contribution in [3.63, 3.8) is 0 Å². The van der Waals surface area contributed by atoms with Crippen LogP contribution in [0.15, 0.2) is 42.7 Å². The number of benzene rings is 1. The van der Waals surface area contributed by atoms with E-state index in [9.17, 15) is 9.59 Å². The Labute approximate surface area is 163 Å². The Morgan fingerprint density at radius 1 is 1.07 bits per heavy atom. The van der Waals surface area contributed by atoms with Crippen LogP contribution >= 0.6 is 0 Å². The Bertz CT molecular complexity index is 820. The van der Waals surface area contributed by atoms with Gasteiger partial charge in [-0.15, -0.1) is 0 Å². The van der Waals surface area contributed by atoms with E-state index in [-0.39, 0.29) is 5.78 Å². The van der Waals surface area contributed by atoms with Gasteiger partial charge in [0.25, 0.3) is 0 Å². The summed E-state index contributed by atoms with van der Waals surface area (Å²) in [5.41, 5.74) is 1.65. The summed E-state index contributed by atoms with van der Waals surface area (Å²) < 4.78 is 10.4. The normalized spacial score (nSPS) is 14.5. The van der Waals surface area contributed by atoms with Gasteiger partial charge in [-0.3, -0.25) is 14.7 Å². The van der Waals surface area contributed by atoms with Crippen LogP contribution in [-0.4, -0.2) is 73.2 Å². The second kappa shape index (κ2) is 9.18. The molecule has 0 amide bonds. The summed E-state index contributed by atoms with van der Waals surface area (Å²) in [5.74, 6) is -0.449. The van der Waals surface area contributed by atoms with Crippen molar-refractivity contribution in [3.8, 4) is 11.5 Å². The number of piperazine rings is 1. The second-order valence-corrected chi connectivity index (χ2v) is 6.44. The molecule has 1 N–H and O–H groups in total. The van der Waals surface area contributed by atoms with E-state index in [1.165, 1.54) is 7.11 Å². The number of ether oxygens (including phenoxy) is 2. The third-order valence-electron chi connectivity index (χ3n) is 4.60. The molecule has 0 aliphatic carbocycles. The number of carboxylic acid groups (broad SMARTS) is 1. The highest BCUT2D eigenvalue weighted by atomic mass is 16.5. The first-order chi connectivity index (χ1) is 13.6. The number of anilines is 1. The van der Waals surface area contributed by atoms with Crippen LogP contribution in [0.5, 0.6) is 11.5 Å². The van der Waals surface area contributed by atoms with Crippen LogP contribution in [0.1, 0.15) is 10.4 Å². The highest BCUT2D eigenvalue weighted by Crippen LogP contribution is 2.28. The first kappa shape index (κ1) is 19.6. The van der Waals surface area contributed by atoms with E-state index in [0.717, 1.165) is 31.9 Å². The lowest BCUT2D eigenvalue weighted by atomic mass is 10.1. The standard InChI is InChI=1S/C20H23N3O5/c1-27-19-12-15(2-3-18(19)28-14-20(25)26)17(24)13-22-8-10-23(11-9-22)16-4-6-21-7-5-16/h2-7,12H,8-11,13-14H2,1H3,(H,25,26). The van der Waals surface area contributed by atoms with Gasteiger partial charge in [0.1, 0.15) is 0 Å². The molecule has 0 bridgehead atoms. The molecule has 1 aliphatic heterocycles. The summed E-state index contributed by atoms with van der Waals surface area (Å²) in [7, 11) is 1.45. The minimum Gasteiger partial charge on any atom is -0.493 e. The van der Waals surface area contributed by atoms with E-state index in [2.05, 4.69) is 14.8 Å². The molecule has 1 aromatic heterocycles. The van der Waals surface area contributed by atoms with Crippen molar-refractivity contribution in [3.05, 3.63) is 48.3 Å². The summed E-state index contributed by atoms with van der Waals surface area (Å²) in [5, 5.41) is 8.72. The predicted molar refractivity (Wildman–Crippen MR) is 103 cm³/mol. The number of hydrogen-bond donors (Lipinski definition) is 1. The summed E-state index contributed by atoms with van der Waals surface area (Å²) in [4.78, 5) is 31.7. The first-order valence-electron chi connectivity index (χ1n) is 9.00. The predicted octanol–water partition coefficient (Wildman–Crippen LogP) is 1.56. The van der Waals surface area contributed by atoms with Crippen molar-refractivity contribution in [1.29, 1.82) is 0 Å². The summed E-state index contributed by atoms with van der Waals surface area (Å²) in [6, 6.07) is 8.76. The topological polar surface area (TPSA) is 92.2 Å². The molecule has 1 aromatic carbocycles. The van der Waals surface area contributed by atoms with Crippen LogP contribution in [0.4, 0.5) is 5.69 Å². The van der Waals surface area contributed by atoms with Crippen molar-refractivity contribution in [1.82, 2.24) is 9.88 Å². The van der Waals surface area contributed by atoms with Crippen LogP contribution < -0.4 is 14.4 Å². The molecule has 0 atom stereocenters. The highest BCUT2D eigenvalue weighted by molar-refractivity contribution is 5.98. The molecule has 1 fully saturated rings. The zero-order valence-electron chi connectivity index (χ0n) is 15.7. The number of ketones is 1. The summed E-state index contributed by atoms with van der Waals surface area (Å²) in [6.45, 7) is 3.15. The molecule has 0 unspecified atom stereocenters. The van der Waals surface area contributed by atoms with Crippen molar-refractivity contribution in [2.45, 2.75) is 0 Å². The summed E-state index contributed by atoms with van der Waals surface area (Å²) in [6.07, 6.45) is 3.56. The van der Waals surface area contributed by atoms with Crippen LogP contribution in [0.25, 0.3) is 0 Å². The monoisotopic (exact) mass is 385 g/mol. The minimum atomic E-state index is -1.08. The number of aliphatic carboxylic acids is 1. The molecule has 0 saturated carbocycles. The zero-order valence-corrected chi connectivity index (χ0v) is 15.7. The lowest BCUT2D eigenvalue weighted by Crippen LogP contribution is -2.48. The molecule has 0 spiro atoms. The van der Waals surface area contributed by atoms with Crippen molar-refractivity contribution < 1.29 is 24.2 Å². The Hall–Kier alpha value is -3.13. The Kier molecular flexibility index (Phi) is 6.44. The molecule has 0 radical (unpaired) electrons. The molecule has 8 nitrogen and oxygen atoms in total. The maximum absolute atomic E-state index is 12.7. The maximum atomic E-state index is 12.7. The smallest absolute Gasteiger partial charge is 0.341 e. The summed E-state index contributed by atoms with van der Waals surface area (Å²) >= 11 is 0. The fourth-order valence-electron chi connectivity index (χ4n) is 3.11. The van der Waals surface area contributed by atoms with Gasteiger partial charge in [-0.1, -0.05) is 0 Å². The number of aromatic nitrogens is 1. The molecule has 2 aromatic rings. The highest BCUT2D eigenvalue weighted by Gasteiger charge is 2.20. The molecular weight excluding hydrogens is 362 g/mol. The van der Waals surface area contributed by atoms with Gasteiger partial charge in [0.15, 0.2) is 23.9 Å². The van der Waals surface area contributed by atoms with Crippen molar-refractivity contribution in [2.75, 3.05) is 51.3 Å². The zero-order chi connectivity index (χ0) is 19.9. The molecule has 8 heteroatoms. The van der Waals surface area contributed by atoms with Crippen LogP contribution in [-0.2, 0) is 4.79 Å². The van der Waals surface area contributed by atoms with E-state index in [4.69, 9.17) is 14.6 Å². The second-order valence-electron chi connectivity index (χ2n) is 6.44. The Balaban J connectivity index is 1.57. The third kappa shape index (κ3) is 4.98. The molecule has 1 aliphatic rings. The van der Waals surface area contributed by atoms with Gasteiger partial charge in [0, 0.05) is 49.8 Å². The Morgan fingerprint density at radius 2 is 1.79 bits per heavy atom. The fourth-order valence-corrected chi connectivity index (χ4v) is 3.11. The molecule has 1 saturated heterocycles. The number of hydrogen-bond acceptors (Lipinski definition) is 7. The number of carbonyl (C=O) groups excluding carboxylic acids is 1. The van der Waals surface area contributed by atoms with Gasteiger partial charge in [-0.05, 0) is 30.3 Å². The van der Waals surface area contributed by atoms with Crippen LogP contribution in [0.3, 0.4) is 0 Å². The average Bonchev–Trinajstić information content (AvgIpc) is 2.73. The number of methoxy groups -OCH3 is 1. The lowest BCUT2D eigenvalue weighted by Gasteiger charge is -2.35. The van der Waals surface area contributed by atoms with Crippen LogP contribution in [0, 0.1) is 0 Å². The van der Waals surface area contributed by atoms with Gasteiger partial charge in [0.2, 0.25) is 0 Å². The molecule has 3 rings (SSSR count). The van der Waals surface area contributed by atoms with E-state index in [1.54, 1.807) is 30.6 Å². The van der Waals surface area contributed by atoms with Gasteiger partial charge in [0.05, 0.1) is 13.7 Å². The van der Waals surface area contributed by atoms with E-state index in [1.807, 2.05) is 12.1 Å².